The Morgan fingerprint density at radius 1 is 1.04 bits per heavy atom. The van der Waals surface area contributed by atoms with Crippen molar-refractivity contribution in [3.05, 3.63) is 70.3 Å². The molecular weight excluding hydrogens is 350 g/mol. The Morgan fingerprint density at radius 2 is 1.75 bits per heavy atom. The highest BCUT2D eigenvalue weighted by molar-refractivity contribution is 5.77. The van der Waals surface area contributed by atoms with Gasteiger partial charge in [-0.15, -0.1) is 0 Å². The van der Waals surface area contributed by atoms with Crippen LogP contribution >= 0.6 is 0 Å². The zero-order valence-electron chi connectivity index (χ0n) is 16.0. The topological polar surface area (TPSA) is 65.2 Å². The minimum Gasteiger partial charge on any atom is -0.369 e. The van der Waals surface area contributed by atoms with Crippen molar-refractivity contribution in [2.45, 2.75) is 20.0 Å². The third-order valence-electron chi connectivity index (χ3n) is 5.36. The lowest BCUT2D eigenvalue weighted by molar-refractivity contribution is 0.240. The third-order valence-corrected chi connectivity index (χ3v) is 5.36. The predicted molar refractivity (Wildman–Crippen MR) is 110 cm³/mol. The van der Waals surface area contributed by atoms with E-state index in [1.807, 2.05) is 18.2 Å². The van der Waals surface area contributed by atoms with Crippen LogP contribution in [0, 0.1) is 18.3 Å². The third kappa shape index (κ3) is 3.49. The molecule has 2 aromatic carbocycles. The summed E-state index contributed by atoms with van der Waals surface area (Å²) in [6.45, 7) is 6.38. The van der Waals surface area contributed by atoms with Gasteiger partial charge in [-0.05, 0) is 30.7 Å². The Bertz CT molecular complexity index is 1090. The molecule has 1 aliphatic rings. The lowest BCUT2D eigenvalue weighted by atomic mass is 10.1. The number of fused-ring (bicyclic) bond motifs is 1. The minimum absolute atomic E-state index is 0.0230. The molecule has 1 aromatic heterocycles. The summed E-state index contributed by atoms with van der Waals surface area (Å²) in [5, 5.41) is 9.74. The normalized spacial score (nSPS) is 14.9. The van der Waals surface area contributed by atoms with E-state index in [-0.39, 0.29) is 12.1 Å². The summed E-state index contributed by atoms with van der Waals surface area (Å²) in [4.78, 5) is 22.2. The van der Waals surface area contributed by atoms with Crippen molar-refractivity contribution in [1.82, 2.24) is 14.5 Å². The van der Waals surface area contributed by atoms with E-state index >= 15 is 0 Å². The second-order valence-electron chi connectivity index (χ2n) is 7.14. The number of hydrogen-bond acceptors (Lipinski definition) is 5. The molecule has 0 bridgehead atoms. The van der Waals surface area contributed by atoms with E-state index in [1.165, 1.54) is 15.8 Å². The predicted octanol–water partition coefficient (Wildman–Crippen LogP) is 2.55. The molecule has 1 fully saturated rings. The first kappa shape index (κ1) is 18.2. The Balaban J connectivity index is 1.55. The number of para-hydroxylation sites is 2. The van der Waals surface area contributed by atoms with Crippen molar-refractivity contribution in [3.63, 3.8) is 0 Å². The molecule has 2 heterocycles. The molecule has 0 atom stereocenters. The summed E-state index contributed by atoms with van der Waals surface area (Å²) < 4.78 is 1.51. The van der Waals surface area contributed by atoms with Gasteiger partial charge in [-0.1, -0.05) is 30.3 Å². The van der Waals surface area contributed by atoms with Gasteiger partial charge in [-0.3, -0.25) is 14.3 Å². The summed E-state index contributed by atoms with van der Waals surface area (Å²) in [5.74, 6) is 0.662. The maximum Gasteiger partial charge on any atom is 0.262 e. The molecule has 0 saturated carbocycles. The van der Waals surface area contributed by atoms with Crippen LogP contribution in [-0.2, 0) is 13.1 Å². The average Bonchev–Trinajstić information content (AvgIpc) is 2.72. The highest BCUT2D eigenvalue weighted by atomic mass is 16.1. The van der Waals surface area contributed by atoms with E-state index in [0.29, 0.717) is 23.3 Å². The van der Waals surface area contributed by atoms with Crippen molar-refractivity contribution in [2.24, 2.45) is 0 Å². The molecule has 142 valence electrons. The number of anilines is 1. The quantitative estimate of drug-likeness (QED) is 0.703. The average molecular weight is 373 g/mol. The summed E-state index contributed by atoms with van der Waals surface area (Å²) in [7, 11) is 0. The standard InChI is InChI=1S/C22H23N5O/c1-17-6-2-5-9-20(17)26-14-12-25(13-15-26)16-21-24-19-8-4-3-7-18(19)22(28)27(21)11-10-23/h2-9H,11-16H2,1H3. The number of nitrogens with zero attached hydrogens (tertiary/aromatic N) is 5. The van der Waals surface area contributed by atoms with Crippen LogP contribution in [0.1, 0.15) is 11.4 Å². The monoisotopic (exact) mass is 373 g/mol. The maximum absolute atomic E-state index is 12.8. The zero-order valence-corrected chi connectivity index (χ0v) is 16.0. The van der Waals surface area contributed by atoms with E-state index in [0.717, 1.165) is 26.2 Å². The molecule has 1 aliphatic heterocycles. The Hall–Kier alpha value is -3.17. The molecule has 4 rings (SSSR count). The molecule has 0 N–H and O–H groups in total. The molecule has 1 saturated heterocycles. The summed E-state index contributed by atoms with van der Waals surface area (Å²) >= 11 is 0. The summed E-state index contributed by atoms with van der Waals surface area (Å²) in [6.07, 6.45) is 0. The highest BCUT2D eigenvalue weighted by Gasteiger charge is 2.20. The van der Waals surface area contributed by atoms with E-state index in [9.17, 15) is 10.1 Å². The molecule has 28 heavy (non-hydrogen) atoms. The maximum atomic E-state index is 12.8. The molecule has 6 nitrogen and oxygen atoms in total. The van der Waals surface area contributed by atoms with Gasteiger partial charge in [0, 0.05) is 31.9 Å². The lowest BCUT2D eigenvalue weighted by Crippen LogP contribution is -2.47. The highest BCUT2D eigenvalue weighted by Crippen LogP contribution is 2.21. The van der Waals surface area contributed by atoms with E-state index in [2.05, 4.69) is 47.1 Å². The van der Waals surface area contributed by atoms with Gasteiger partial charge in [0.1, 0.15) is 12.4 Å². The molecule has 3 aromatic rings. The fourth-order valence-electron chi connectivity index (χ4n) is 3.83. The van der Waals surface area contributed by atoms with Crippen molar-refractivity contribution in [2.75, 3.05) is 31.1 Å². The first-order valence-corrected chi connectivity index (χ1v) is 9.55. The number of nitriles is 1. The van der Waals surface area contributed by atoms with Crippen LogP contribution in [0.4, 0.5) is 5.69 Å². The molecule has 0 unspecified atom stereocenters. The Labute approximate surface area is 164 Å². The summed E-state index contributed by atoms with van der Waals surface area (Å²) in [6, 6.07) is 17.9. The van der Waals surface area contributed by atoms with Crippen LogP contribution in [0.15, 0.2) is 53.3 Å². The zero-order chi connectivity index (χ0) is 19.5. The van der Waals surface area contributed by atoms with Crippen LogP contribution in [0.25, 0.3) is 10.9 Å². The second-order valence-corrected chi connectivity index (χ2v) is 7.14. The van der Waals surface area contributed by atoms with Crippen LogP contribution in [-0.4, -0.2) is 40.6 Å². The molecule has 6 heteroatoms. The van der Waals surface area contributed by atoms with Crippen LogP contribution in [0.3, 0.4) is 0 Å². The van der Waals surface area contributed by atoms with Gasteiger partial charge >= 0.3 is 0 Å². The van der Waals surface area contributed by atoms with Gasteiger partial charge in [0.2, 0.25) is 0 Å². The number of piperazine rings is 1. The first-order valence-electron chi connectivity index (χ1n) is 9.55. The van der Waals surface area contributed by atoms with Gasteiger partial charge in [0.05, 0.1) is 23.5 Å². The van der Waals surface area contributed by atoms with Gasteiger partial charge in [-0.25, -0.2) is 4.98 Å². The van der Waals surface area contributed by atoms with Crippen LogP contribution in [0.2, 0.25) is 0 Å². The number of benzene rings is 2. The van der Waals surface area contributed by atoms with Gasteiger partial charge < -0.3 is 4.90 Å². The number of hydrogen-bond donors (Lipinski definition) is 0. The first-order chi connectivity index (χ1) is 13.7. The van der Waals surface area contributed by atoms with Gasteiger partial charge in [-0.2, -0.15) is 5.26 Å². The summed E-state index contributed by atoms with van der Waals surface area (Å²) in [5.41, 5.74) is 3.12. The molecular formula is C22H23N5O. The number of aryl methyl sites for hydroxylation is 1. The lowest BCUT2D eigenvalue weighted by Gasteiger charge is -2.36. The van der Waals surface area contributed by atoms with E-state index in [1.54, 1.807) is 6.07 Å². The number of rotatable bonds is 4. The Kier molecular flexibility index (Phi) is 5.09. The van der Waals surface area contributed by atoms with E-state index in [4.69, 9.17) is 4.98 Å². The van der Waals surface area contributed by atoms with Gasteiger partial charge in [0.25, 0.3) is 5.56 Å². The fourth-order valence-corrected chi connectivity index (χ4v) is 3.83. The number of aromatic nitrogens is 2. The van der Waals surface area contributed by atoms with Crippen LogP contribution in [0.5, 0.6) is 0 Å². The molecule has 0 spiro atoms. The SMILES string of the molecule is Cc1ccccc1N1CCN(Cc2nc3ccccc3c(=O)n2CC#N)CC1. The van der Waals surface area contributed by atoms with Crippen molar-refractivity contribution < 1.29 is 0 Å². The van der Waals surface area contributed by atoms with Crippen molar-refractivity contribution >= 4 is 16.6 Å². The van der Waals surface area contributed by atoms with E-state index < -0.39 is 0 Å². The largest absolute Gasteiger partial charge is 0.369 e. The van der Waals surface area contributed by atoms with Crippen LogP contribution < -0.4 is 10.5 Å². The van der Waals surface area contributed by atoms with Crippen molar-refractivity contribution in [3.8, 4) is 6.07 Å². The Morgan fingerprint density at radius 3 is 2.50 bits per heavy atom. The molecule has 0 radical (unpaired) electrons. The molecule has 0 amide bonds. The van der Waals surface area contributed by atoms with Crippen molar-refractivity contribution in [1.29, 1.82) is 5.26 Å². The second kappa shape index (κ2) is 7.83. The smallest absolute Gasteiger partial charge is 0.262 e. The minimum atomic E-state index is -0.138. The van der Waals surface area contributed by atoms with Gasteiger partial charge in [0.15, 0.2) is 0 Å². The fraction of sp³-hybridized carbons (Fsp3) is 0.318. The molecule has 0 aliphatic carbocycles.